The van der Waals surface area contributed by atoms with Crippen molar-refractivity contribution in [2.75, 3.05) is 0 Å². The average molecular weight is 249 g/mol. The standard InChI is InChI=1S/C10H11BrF2/c1-2-8(11)5-7-3-4-9(12)6-10(7)13/h3-4,6,8H,2,5H2,1H3. The summed E-state index contributed by atoms with van der Waals surface area (Å²) in [5, 5.41) is 0. The van der Waals surface area contributed by atoms with E-state index in [4.69, 9.17) is 0 Å². The Bertz CT molecular complexity index is 286. The van der Waals surface area contributed by atoms with Gasteiger partial charge >= 0.3 is 0 Å². The quantitative estimate of drug-likeness (QED) is 0.717. The monoisotopic (exact) mass is 248 g/mol. The van der Waals surface area contributed by atoms with Crippen molar-refractivity contribution in [1.29, 1.82) is 0 Å². The molecule has 1 aromatic rings. The van der Waals surface area contributed by atoms with Crippen LogP contribution in [0.25, 0.3) is 0 Å². The molecule has 1 aromatic carbocycles. The zero-order chi connectivity index (χ0) is 9.84. The summed E-state index contributed by atoms with van der Waals surface area (Å²) in [6.07, 6.45) is 1.53. The fourth-order valence-electron chi connectivity index (χ4n) is 1.07. The third-order valence-corrected chi connectivity index (χ3v) is 2.87. The summed E-state index contributed by atoms with van der Waals surface area (Å²) in [7, 11) is 0. The highest BCUT2D eigenvalue weighted by atomic mass is 79.9. The summed E-state index contributed by atoms with van der Waals surface area (Å²) in [5.74, 6) is -0.984. The molecule has 3 heteroatoms. The fraction of sp³-hybridized carbons (Fsp3) is 0.400. The van der Waals surface area contributed by atoms with Crippen LogP contribution in [0.4, 0.5) is 8.78 Å². The molecule has 0 amide bonds. The van der Waals surface area contributed by atoms with Gasteiger partial charge in [-0.15, -0.1) is 0 Å². The van der Waals surface area contributed by atoms with Crippen LogP contribution in [0.3, 0.4) is 0 Å². The highest BCUT2D eigenvalue weighted by Crippen LogP contribution is 2.16. The molecule has 0 N–H and O–H groups in total. The van der Waals surface area contributed by atoms with E-state index in [2.05, 4.69) is 15.9 Å². The lowest BCUT2D eigenvalue weighted by molar-refractivity contribution is 0.570. The number of hydrogen-bond acceptors (Lipinski definition) is 0. The molecule has 0 spiro atoms. The van der Waals surface area contributed by atoms with Crippen molar-refractivity contribution < 1.29 is 8.78 Å². The summed E-state index contributed by atoms with van der Waals surface area (Å²) in [6, 6.07) is 3.70. The maximum absolute atomic E-state index is 13.1. The third kappa shape index (κ3) is 3.07. The molecule has 1 rings (SSSR count). The van der Waals surface area contributed by atoms with E-state index < -0.39 is 11.6 Å². The average Bonchev–Trinajstić information content (AvgIpc) is 2.09. The number of rotatable bonds is 3. The maximum Gasteiger partial charge on any atom is 0.129 e. The van der Waals surface area contributed by atoms with Gasteiger partial charge in [0.1, 0.15) is 11.6 Å². The van der Waals surface area contributed by atoms with Crippen molar-refractivity contribution in [3.8, 4) is 0 Å². The largest absolute Gasteiger partial charge is 0.207 e. The Kier molecular flexibility index (Phi) is 3.85. The van der Waals surface area contributed by atoms with Crippen LogP contribution in [0.1, 0.15) is 18.9 Å². The van der Waals surface area contributed by atoms with Crippen molar-refractivity contribution in [2.24, 2.45) is 0 Å². The van der Waals surface area contributed by atoms with Crippen LogP contribution in [0.15, 0.2) is 18.2 Å². The smallest absolute Gasteiger partial charge is 0.129 e. The molecule has 0 heterocycles. The normalized spacial score (nSPS) is 12.9. The number of halogens is 3. The van der Waals surface area contributed by atoms with Gasteiger partial charge in [-0.25, -0.2) is 8.78 Å². The maximum atomic E-state index is 13.1. The Morgan fingerprint density at radius 1 is 1.38 bits per heavy atom. The molecule has 0 nitrogen and oxygen atoms in total. The molecule has 0 radical (unpaired) electrons. The van der Waals surface area contributed by atoms with E-state index in [1.807, 2.05) is 6.92 Å². The molecule has 13 heavy (non-hydrogen) atoms. The Morgan fingerprint density at radius 3 is 2.62 bits per heavy atom. The summed E-state index contributed by atoms with van der Waals surface area (Å²) in [6.45, 7) is 2.01. The molecule has 0 aliphatic rings. The van der Waals surface area contributed by atoms with Crippen LogP contribution >= 0.6 is 15.9 Å². The van der Waals surface area contributed by atoms with E-state index >= 15 is 0 Å². The lowest BCUT2D eigenvalue weighted by atomic mass is 10.1. The highest BCUT2D eigenvalue weighted by Gasteiger charge is 2.07. The van der Waals surface area contributed by atoms with Crippen LogP contribution in [-0.2, 0) is 6.42 Å². The first-order valence-electron chi connectivity index (χ1n) is 4.21. The van der Waals surface area contributed by atoms with Crippen molar-refractivity contribution in [3.63, 3.8) is 0 Å². The lowest BCUT2D eigenvalue weighted by Gasteiger charge is -2.07. The highest BCUT2D eigenvalue weighted by molar-refractivity contribution is 9.09. The van der Waals surface area contributed by atoms with Gasteiger partial charge in [0.25, 0.3) is 0 Å². The van der Waals surface area contributed by atoms with Gasteiger partial charge in [-0.05, 0) is 24.5 Å². The molecular formula is C10H11BrF2. The second-order valence-corrected chi connectivity index (χ2v) is 4.24. The molecule has 0 aliphatic carbocycles. The van der Waals surface area contributed by atoms with Gasteiger partial charge in [0.2, 0.25) is 0 Å². The third-order valence-electron chi connectivity index (χ3n) is 1.90. The Labute approximate surface area is 85.1 Å². The molecule has 0 aromatic heterocycles. The first-order valence-corrected chi connectivity index (χ1v) is 5.13. The van der Waals surface area contributed by atoms with E-state index in [1.165, 1.54) is 12.1 Å². The summed E-state index contributed by atoms with van der Waals surface area (Å²) < 4.78 is 25.6. The minimum atomic E-state index is -0.524. The van der Waals surface area contributed by atoms with Gasteiger partial charge in [-0.1, -0.05) is 28.9 Å². The zero-order valence-electron chi connectivity index (χ0n) is 7.36. The van der Waals surface area contributed by atoms with Gasteiger partial charge in [0, 0.05) is 10.9 Å². The van der Waals surface area contributed by atoms with Gasteiger partial charge in [0.05, 0.1) is 0 Å². The Hall–Kier alpha value is -0.440. The van der Waals surface area contributed by atoms with E-state index in [-0.39, 0.29) is 4.83 Å². The summed E-state index contributed by atoms with van der Waals surface area (Å²) >= 11 is 3.41. The molecule has 0 aliphatic heterocycles. The topological polar surface area (TPSA) is 0 Å². The van der Waals surface area contributed by atoms with E-state index in [1.54, 1.807) is 0 Å². The van der Waals surface area contributed by atoms with Gasteiger partial charge in [-0.2, -0.15) is 0 Å². The number of alkyl halides is 1. The minimum absolute atomic E-state index is 0.257. The molecule has 1 unspecified atom stereocenters. The second kappa shape index (κ2) is 4.70. The van der Waals surface area contributed by atoms with Crippen molar-refractivity contribution in [2.45, 2.75) is 24.6 Å². The van der Waals surface area contributed by atoms with Crippen LogP contribution in [-0.4, -0.2) is 4.83 Å². The molecular weight excluding hydrogens is 238 g/mol. The fourth-order valence-corrected chi connectivity index (χ4v) is 1.42. The molecule has 0 saturated carbocycles. The lowest BCUT2D eigenvalue weighted by Crippen LogP contribution is -2.02. The number of hydrogen-bond donors (Lipinski definition) is 0. The minimum Gasteiger partial charge on any atom is -0.207 e. The van der Waals surface area contributed by atoms with Crippen molar-refractivity contribution in [1.82, 2.24) is 0 Å². The number of benzene rings is 1. The predicted molar refractivity (Wildman–Crippen MR) is 53.1 cm³/mol. The van der Waals surface area contributed by atoms with Crippen molar-refractivity contribution >= 4 is 15.9 Å². The molecule has 0 fully saturated rings. The SMILES string of the molecule is CCC(Br)Cc1ccc(F)cc1F. The van der Waals surface area contributed by atoms with Gasteiger partial charge in [-0.3, -0.25) is 0 Å². The van der Waals surface area contributed by atoms with E-state index in [0.29, 0.717) is 12.0 Å². The first-order chi connectivity index (χ1) is 6.13. The van der Waals surface area contributed by atoms with Crippen molar-refractivity contribution in [3.05, 3.63) is 35.4 Å². The molecule has 1 atom stereocenters. The summed E-state index contributed by atoms with van der Waals surface area (Å²) in [5.41, 5.74) is 0.560. The molecule has 72 valence electrons. The van der Waals surface area contributed by atoms with Crippen LogP contribution in [0.2, 0.25) is 0 Å². The first kappa shape index (κ1) is 10.6. The summed E-state index contributed by atoms with van der Waals surface area (Å²) in [4.78, 5) is 0.257. The zero-order valence-corrected chi connectivity index (χ0v) is 8.94. The van der Waals surface area contributed by atoms with Gasteiger partial charge < -0.3 is 0 Å². The Balaban J connectivity index is 2.77. The van der Waals surface area contributed by atoms with E-state index in [9.17, 15) is 8.78 Å². The predicted octanol–water partition coefficient (Wildman–Crippen LogP) is 3.68. The van der Waals surface area contributed by atoms with Crippen LogP contribution in [0, 0.1) is 11.6 Å². The second-order valence-electron chi connectivity index (χ2n) is 2.95. The van der Waals surface area contributed by atoms with Crippen LogP contribution in [0.5, 0.6) is 0 Å². The van der Waals surface area contributed by atoms with Crippen LogP contribution < -0.4 is 0 Å². The van der Waals surface area contributed by atoms with E-state index in [0.717, 1.165) is 12.5 Å². The molecule has 0 saturated heterocycles. The Morgan fingerprint density at radius 2 is 2.08 bits per heavy atom. The molecule has 0 bridgehead atoms. The van der Waals surface area contributed by atoms with Gasteiger partial charge in [0.15, 0.2) is 0 Å².